The van der Waals surface area contributed by atoms with Gasteiger partial charge in [-0.3, -0.25) is 14.5 Å². The van der Waals surface area contributed by atoms with Crippen molar-refractivity contribution in [2.45, 2.75) is 37.5 Å². The first-order valence-electron chi connectivity index (χ1n) is 10.8. The summed E-state index contributed by atoms with van der Waals surface area (Å²) in [6.45, 7) is 4.02. The number of hydrogen-bond donors (Lipinski definition) is 0. The van der Waals surface area contributed by atoms with Gasteiger partial charge in [0.1, 0.15) is 11.6 Å². The van der Waals surface area contributed by atoms with Gasteiger partial charge in [0.15, 0.2) is 5.79 Å². The van der Waals surface area contributed by atoms with Gasteiger partial charge in [-0.2, -0.15) is 0 Å². The summed E-state index contributed by atoms with van der Waals surface area (Å²) in [7, 11) is 0. The second-order valence-electron chi connectivity index (χ2n) is 8.59. The van der Waals surface area contributed by atoms with Crippen LogP contribution in [0.5, 0.6) is 0 Å². The molecule has 2 aromatic heterocycles. The third-order valence-corrected chi connectivity index (χ3v) is 6.72. The molecule has 1 atom stereocenters. The lowest BCUT2D eigenvalue weighted by atomic mass is 10.0. The van der Waals surface area contributed by atoms with Crippen LogP contribution >= 0.6 is 11.6 Å². The minimum Gasteiger partial charge on any atom is -0.347 e. The normalized spacial score (nSPS) is 22.4. The number of hydrogen-bond acceptors (Lipinski definition) is 6. The second-order valence-corrected chi connectivity index (χ2v) is 9.02. The van der Waals surface area contributed by atoms with Crippen LogP contribution in [-0.2, 0) is 28.9 Å². The van der Waals surface area contributed by atoms with Crippen LogP contribution in [0.3, 0.4) is 0 Å². The van der Waals surface area contributed by atoms with Gasteiger partial charge in [0.05, 0.1) is 31.0 Å². The van der Waals surface area contributed by atoms with Gasteiger partial charge >= 0.3 is 0 Å². The highest BCUT2D eigenvalue weighted by Gasteiger charge is 2.43. The number of nitrogens with zero attached hydrogens (tertiary/aromatic N) is 5. The van der Waals surface area contributed by atoms with E-state index in [0.29, 0.717) is 37.0 Å². The average molecular weight is 438 g/mol. The number of benzene rings is 1. The standard InChI is InChI=1S/C23H24ClN5O2/c24-18-4-5-20-17(11-18)12-23(30-9-10-31-23)13-21-26-27-22(29(20)21)16-6-8-28(14-16)15-19-3-1-2-7-25-19/h1-5,7,11,16H,6,8-10,12-15H2/t16-/m1/s1. The van der Waals surface area contributed by atoms with E-state index in [-0.39, 0.29) is 0 Å². The molecule has 0 bridgehead atoms. The molecule has 6 rings (SSSR count). The van der Waals surface area contributed by atoms with E-state index in [1.807, 2.05) is 30.5 Å². The second kappa shape index (κ2) is 7.67. The van der Waals surface area contributed by atoms with Crippen molar-refractivity contribution in [2.75, 3.05) is 26.3 Å². The van der Waals surface area contributed by atoms with Gasteiger partial charge in [0.25, 0.3) is 0 Å². The van der Waals surface area contributed by atoms with Crippen molar-refractivity contribution < 1.29 is 9.47 Å². The van der Waals surface area contributed by atoms with Crippen LogP contribution in [0, 0.1) is 0 Å². The van der Waals surface area contributed by atoms with Gasteiger partial charge in [0.2, 0.25) is 0 Å². The SMILES string of the molecule is Clc1ccc2c(c1)CC1(Cc3nnc([C@@H]4CCN(Cc5ccccn5)C4)n3-2)OCCO1. The van der Waals surface area contributed by atoms with E-state index in [4.69, 9.17) is 21.1 Å². The lowest BCUT2D eigenvalue weighted by molar-refractivity contribution is -0.155. The van der Waals surface area contributed by atoms with Crippen molar-refractivity contribution in [2.24, 2.45) is 0 Å². The van der Waals surface area contributed by atoms with E-state index < -0.39 is 5.79 Å². The quantitative estimate of drug-likeness (QED) is 0.627. The van der Waals surface area contributed by atoms with E-state index >= 15 is 0 Å². The minimum atomic E-state index is -0.682. The fourth-order valence-corrected chi connectivity index (χ4v) is 5.28. The predicted molar refractivity (Wildman–Crippen MR) is 115 cm³/mol. The molecule has 3 aliphatic rings. The van der Waals surface area contributed by atoms with E-state index in [0.717, 1.165) is 54.6 Å². The maximum Gasteiger partial charge on any atom is 0.179 e. The maximum atomic E-state index is 6.35. The Morgan fingerprint density at radius 3 is 2.84 bits per heavy atom. The molecule has 1 aromatic carbocycles. The molecule has 160 valence electrons. The van der Waals surface area contributed by atoms with Crippen LogP contribution in [0.2, 0.25) is 5.02 Å². The molecule has 0 amide bonds. The van der Waals surface area contributed by atoms with E-state index in [2.05, 4.69) is 36.8 Å². The Morgan fingerprint density at radius 1 is 1.10 bits per heavy atom. The lowest BCUT2D eigenvalue weighted by Gasteiger charge is -2.25. The predicted octanol–water partition coefficient (Wildman–Crippen LogP) is 3.15. The number of rotatable bonds is 3. The zero-order chi connectivity index (χ0) is 20.8. The topological polar surface area (TPSA) is 65.3 Å². The molecule has 0 N–H and O–H groups in total. The Hall–Kier alpha value is -2.32. The van der Waals surface area contributed by atoms with E-state index in [1.165, 1.54) is 0 Å². The fraction of sp³-hybridized carbons (Fsp3) is 0.435. The Labute approximate surface area is 186 Å². The molecule has 31 heavy (non-hydrogen) atoms. The summed E-state index contributed by atoms with van der Waals surface area (Å²) in [5, 5.41) is 9.98. The molecule has 7 nitrogen and oxygen atoms in total. The molecule has 5 heterocycles. The summed E-state index contributed by atoms with van der Waals surface area (Å²) in [4.78, 5) is 6.92. The highest BCUT2D eigenvalue weighted by atomic mass is 35.5. The lowest BCUT2D eigenvalue weighted by Crippen LogP contribution is -2.35. The Bertz CT molecular complexity index is 1100. The Morgan fingerprint density at radius 2 is 2.00 bits per heavy atom. The van der Waals surface area contributed by atoms with Crippen molar-refractivity contribution in [3.63, 3.8) is 0 Å². The van der Waals surface area contributed by atoms with Gasteiger partial charge < -0.3 is 9.47 Å². The third kappa shape index (κ3) is 3.55. The van der Waals surface area contributed by atoms with Gasteiger partial charge in [-0.15, -0.1) is 10.2 Å². The summed E-state index contributed by atoms with van der Waals surface area (Å²) >= 11 is 6.35. The molecular formula is C23H24ClN5O2. The molecule has 1 spiro atoms. The monoisotopic (exact) mass is 437 g/mol. The van der Waals surface area contributed by atoms with Crippen molar-refractivity contribution >= 4 is 11.6 Å². The molecule has 2 saturated heterocycles. The van der Waals surface area contributed by atoms with Crippen LogP contribution in [0.15, 0.2) is 42.6 Å². The van der Waals surface area contributed by atoms with Gasteiger partial charge in [-0.05, 0) is 48.9 Å². The molecule has 3 aromatic rings. The molecule has 0 aliphatic carbocycles. The summed E-state index contributed by atoms with van der Waals surface area (Å²) in [5.41, 5.74) is 3.29. The number of aromatic nitrogens is 4. The number of pyridine rings is 1. The molecule has 0 unspecified atom stereocenters. The van der Waals surface area contributed by atoms with Gasteiger partial charge in [-0.25, -0.2) is 0 Å². The highest BCUT2D eigenvalue weighted by molar-refractivity contribution is 6.30. The summed E-state index contributed by atoms with van der Waals surface area (Å²) in [5.74, 6) is 1.53. The summed E-state index contributed by atoms with van der Waals surface area (Å²) < 4.78 is 14.4. The molecule has 2 fully saturated rings. The summed E-state index contributed by atoms with van der Waals surface area (Å²) in [6, 6.07) is 12.1. The van der Waals surface area contributed by atoms with Crippen molar-refractivity contribution in [3.8, 4) is 5.69 Å². The number of ether oxygens (including phenoxy) is 2. The molecule has 0 saturated carbocycles. The number of halogens is 1. The summed E-state index contributed by atoms with van der Waals surface area (Å²) in [6.07, 6.45) is 4.14. The number of fused-ring (bicyclic) bond motifs is 3. The molecule has 3 aliphatic heterocycles. The third-order valence-electron chi connectivity index (χ3n) is 6.49. The van der Waals surface area contributed by atoms with E-state index in [9.17, 15) is 0 Å². The molecule has 0 radical (unpaired) electrons. The number of likely N-dealkylation sites (tertiary alicyclic amines) is 1. The molecule has 8 heteroatoms. The maximum absolute atomic E-state index is 6.35. The van der Waals surface area contributed by atoms with Crippen LogP contribution in [0.1, 0.15) is 35.2 Å². The van der Waals surface area contributed by atoms with Crippen LogP contribution in [-0.4, -0.2) is 56.7 Å². The van der Waals surface area contributed by atoms with E-state index in [1.54, 1.807) is 0 Å². The Balaban J connectivity index is 1.34. The van der Waals surface area contributed by atoms with Crippen LogP contribution in [0.25, 0.3) is 5.69 Å². The average Bonchev–Trinajstić information content (AvgIpc) is 3.49. The first-order valence-corrected chi connectivity index (χ1v) is 11.2. The Kier molecular flexibility index (Phi) is 4.79. The van der Waals surface area contributed by atoms with Crippen LogP contribution < -0.4 is 0 Å². The fourth-order valence-electron chi connectivity index (χ4n) is 5.09. The zero-order valence-electron chi connectivity index (χ0n) is 17.2. The van der Waals surface area contributed by atoms with Crippen molar-refractivity contribution in [1.82, 2.24) is 24.6 Å². The smallest absolute Gasteiger partial charge is 0.179 e. The van der Waals surface area contributed by atoms with Crippen molar-refractivity contribution in [1.29, 1.82) is 0 Å². The molecular weight excluding hydrogens is 414 g/mol. The minimum absolute atomic E-state index is 0.313. The first-order chi connectivity index (χ1) is 15.2. The zero-order valence-corrected chi connectivity index (χ0v) is 18.0. The van der Waals surface area contributed by atoms with Crippen LogP contribution in [0.4, 0.5) is 0 Å². The van der Waals surface area contributed by atoms with Gasteiger partial charge in [-0.1, -0.05) is 17.7 Å². The van der Waals surface area contributed by atoms with Crippen molar-refractivity contribution in [3.05, 3.63) is 70.5 Å². The van der Waals surface area contributed by atoms with Gasteiger partial charge in [0, 0.05) is 36.6 Å². The largest absolute Gasteiger partial charge is 0.347 e. The first kappa shape index (κ1) is 19.4. The highest BCUT2D eigenvalue weighted by Crippen LogP contribution is 2.38.